The SMILES string of the molecule is Cc1ccc(C(c2ccc(C)c(N)c2)(C(F)(F)F)C(F)(F)F)cc1C. The topological polar surface area (TPSA) is 26.0 Å². The lowest BCUT2D eigenvalue weighted by atomic mass is 9.72. The smallest absolute Gasteiger partial charge is 0.399 e. The van der Waals surface area contributed by atoms with Crippen molar-refractivity contribution in [1.82, 2.24) is 0 Å². The zero-order chi connectivity index (χ0) is 19.2. The van der Waals surface area contributed by atoms with E-state index in [1.165, 1.54) is 19.9 Å². The summed E-state index contributed by atoms with van der Waals surface area (Å²) in [7, 11) is 0. The van der Waals surface area contributed by atoms with E-state index in [2.05, 4.69) is 0 Å². The maximum Gasteiger partial charge on any atom is 0.411 e. The van der Waals surface area contributed by atoms with E-state index in [1.54, 1.807) is 6.92 Å². The van der Waals surface area contributed by atoms with Crippen molar-refractivity contribution in [3.63, 3.8) is 0 Å². The summed E-state index contributed by atoms with van der Waals surface area (Å²) < 4.78 is 83.7. The van der Waals surface area contributed by atoms with Crippen molar-refractivity contribution in [2.24, 2.45) is 0 Å². The number of nitrogen functional groups attached to an aromatic ring is 1. The second-order valence-electron chi connectivity index (χ2n) is 6.12. The molecule has 0 saturated heterocycles. The Morgan fingerprint density at radius 2 is 1.08 bits per heavy atom. The van der Waals surface area contributed by atoms with Gasteiger partial charge in [-0.1, -0.05) is 30.3 Å². The van der Waals surface area contributed by atoms with Crippen LogP contribution in [0.1, 0.15) is 27.8 Å². The molecule has 2 rings (SSSR count). The maximum absolute atomic E-state index is 13.9. The molecule has 0 bridgehead atoms. The molecule has 0 fully saturated rings. The largest absolute Gasteiger partial charge is 0.411 e. The Labute approximate surface area is 141 Å². The molecule has 136 valence electrons. The van der Waals surface area contributed by atoms with E-state index in [9.17, 15) is 26.3 Å². The molecule has 0 spiro atoms. The van der Waals surface area contributed by atoms with Crippen LogP contribution in [0, 0.1) is 20.8 Å². The predicted molar refractivity (Wildman–Crippen MR) is 84.4 cm³/mol. The van der Waals surface area contributed by atoms with Crippen LogP contribution in [-0.4, -0.2) is 12.4 Å². The van der Waals surface area contributed by atoms with E-state index < -0.39 is 28.9 Å². The van der Waals surface area contributed by atoms with Gasteiger partial charge in [-0.25, -0.2) is 0 Å². The Morgan fingerprint density at radius 3 is 1.48 bits per heavy atom. The summed E-state index contributed by atoms with van der Waals surface area (Å²) in [6.07, 6.45) is -11.2. The monoisotopic (exact) mass is 361 g/mol. The third-order valence-corrected chi connectivity index (χ3v) is 4.50. The number of anilines is 1. The molecule has 0 aliphatic carbocycles. The maximum atomic E-state index is 13.9. The zero-order valence-corrected chi connectivity index (χ0v) is 13.8. The van der Waals surface area contributed by atoms with Crippen molar-refractivity contribution in [3.05, 3.63) is 64.2 Å². The number of benzene rings is 2. The first-order valence-corrected chi connectivity index (χ1v) is 7.40. The van der Waals surface area contributed by atoms with Gasteiger partial charge in [-0.15, -0.1) is 0 Å². The fourth-order valence-corrected chi connectivity index (χ4v) is 2.83. The Bertz CT molecular complexity index is 722. The second-order valence-corrected chi connectivity index (χ2v) is 6.12. The lowest BCUT2D eigenvalue weighted by molar-refractivity contribution is -0.288. The fourth-order valence-electron chi connectivity index (χ4n) is 2.83. The molecule has 7 heteroatoms. The molecule has 0 radical (unpaired) electrons. The number of nitrogens with two attached hydrogens (primary N) is 1. The molecule has 2 aromatic rings. The molecule has 0 aliphatic heterocycles. The standard InChI is InChI=1S/C18H17F6N/c1-10-4-6-13(8-12(10)3)16(17(19,20)21,18(22,23)24)14-7-5-11(2)15(25)9-14/h4-9H,25H2,1-3H3. The Kier molecular flexibility index (Phi) is 4.57. The lowest BCUT2D eigenvalue weighted by Crippen LogP contribution is -2.54. The zero-order valence-electron chi connectivity index (χ0n) is 13.8. The summed E-state index contributed by atoms with van der Waals surface area (Å²) in [6, 6.07) is 5.82. The minimum Gasteiger partial charge on any atom is -0.399 e. The highest BCUT2D eigenvalue weighted by molar-refractivity contribution is 5.55. The molecule has 1 nitrogen and oxygen atoms in total. The summed E-state index contributed by atoms with van der Waals surface area (Å²) in [5, 5.41) is 0. The molecule has 0 aromatic heterocycles. The molecule has 2 aromatic carbocycles. The van der Waals surface area contributed by atoms with E-state index in [0.717, 1.165) is 30.3 Å². The highest BCUT2D eigenvalue weighted by Crippen LogP contribution is 2.56. The molecule has 0 saturated carbocycles. The molecule has 0 atom stereocenters. The molecule has 0 unspecified atom stereocenters. The third-order valence-electron chi connectivity index (χ3n) is 4.50. The van der Waals surface area contributed by atoms with Gasteiger partial charge in [-0.2, -0.15) is 26.3 Å². The summed E-state index contributed by atoms with van der Waals surface area (Å²) in [4.78, 5) is 0. The summed E-state index contributed by atoms with van der Waals surface area (Å²) >= 11 is 0. The molecule has 2 N–H and O–H groups in total. The van der Waals surface area contributed by atoms with Gasteiger partial charge in [0.1, 0.15) is 0 Å². The molecular formula is C18H17F6N. The number of rotatable bonds is 2. The van der Waals surface area contributed by atoms with Crippen LogP contribution < -0.4 is 5.73 Å². The molecule has 0 amide bonds. The van der Waals surface area contributed by atoms with E-state index in [-0.39, 0.29) is 5.69 Å². The minimum atomic E-state index is -5.60. The van der Waals surface area contributed by atoms with Crippen molar-refractivity contribution in [1.29, 1.82) is 0 Å². The van der Waals surface area contributed by atoms with Gasteiger partial charge in [0.25, 0.3) is 0 Å². The quantitative estimate of drug-likeness (QED) is 0.546. The van der Waals surface area contributed by atoms with Crippen molar-refractivity contribution >= 4 is 5.69 Å². The van der Waals surface area contributed by atoms with Gasteiger partial charge in [-0.05, 0) is 54.7 Å². The van der Waals surface area contributed by atoms with Crippen molar-refractivity contribution in [3.8, 4) is 0 Å². The van der Waals surface area contributed by atoms with Crippen LogP contribution in [0.3, 0.4) is 0 Å². The van der Waals surface area contributed by atoms with E-state index in [4.69, 9.17) is 5.73 Å². The van der Waals surface area contributed by atoms with Gasteiger partial charge in [0.2, 0.25) is 5.41 Å². The predicted octanol–water partition coefficient (Wildman–Crippen LogP) is 5.60. The lowest BCUT2D eigenvalue weighted by Gasteiger charge is -2.38. The minimum absolute atomic E-state index is 0.126. The van der Waals surface area contributed by atoms with E-state index in [1.807, 2.05) is 0 Å². The second kappa shape index (κ2) is 5.97. The molecule has 0 aliphatic rings. The van der Waals surface area contributed by atoms with Gasteiger partial charge in [0.15, 0.2) is 0 Å². The number of halogens is 6. The summed E-state index contributed by atoms with van der Waals surface area (Å²) in [5.74, 6) is 0. The van der Waals surface area contributed by atoms with Gasteiger partial charge in [0, 0.05) is 5.69 Å². The van der Waals surface area contributed by atoms with Crippen LogP contribution >= 0.6 is 0 Å². The molecule has 0 heterocycles. The molecule has 25 heavy (non-hydrogen) atoms. The van der Waals surface area contributed by atoms with Gasteiger partial charge < -0.3 is 5.73 Å². The number of alkyl halides is 6. The van der Waals surface area contributed by atoms with E-state index >= 15 is 0 Å². The normalized spacial score (nSPS) is 13.2. The first-order valence-electron chi connectivity index (χ1n) is 7.40. The Morgan fingerprint density at radius 1 is 0.640 bits per heavy atom. The van der Waals surface area contributed by atoms with E-state index in [0.29, 0.717) is 16.7 Å². The van der Waals surface area contributed by atoms with Gasteiger partial charge >= 0.3 is 12.4 Å². The van der Waals surface area contributed by atoms with Crippen LogP contribution in [0.15, 0.2) is 36.4 Å². The highest BCUT2D eigenvalue weighted by Gasteiger charge is 2.72. The third kappa shape index (κ3) is 2.96. The van der Waals surface area contributed by atoms with Gasteiger partial charge in [0.05, 0.1) is 0 Å². The Balaban J connectivity index is 2.96. The first kappa shape index (κ1) is 19.1. The highest BCUT2D eigenvalue weighted by atomic mass is 19.4. The van der Waals surface area contributed by atoms with Crippen LogP contribution in [0.25, 0.3) is 0 Å². The van der Waals surface area contributed by atoms with Crippen LogP contribution in [0.5, 0.6) is 0 Å². The van der Waals surface area contributed by atoms with Gasteiger partial charge in [-0.3, -0.25) is 0 Å². The average molecular weight is 361 g/mol. The first-order chi connectivity index (χ1) is 11.3. The van der Waals surface area contributed by atoms with Crippen molar-refractivity contribution in [2.45, 2.75) is 38.5 Å². The van der Waals surface area contributed by atoms with Crippen LogP contribution in [-0.2, 0) is 5.41 Å². The average Bonchev–Trinajstić information content (AvgIpc) is 2.44. The summed E-state index contributed by atoms with van der Waals surface area (Å²) in [5.41, 5.74) is 0.851. The number of hydrogen-bond donors (Lipinski definition) is 1. The number of aryl methyl sites for hydroxylation is 3. The Hall–Kier alpha value is -2.18. The van der Waals surface area contributed by atoms with Crippen LogP contribution in [0.4, 0.5) is 32.0 Å². The number of hydrogen-bond acceptors (Lipinski definition) is 1. The van der Waals surface area contributed by atoms with Crippen molar-refractivity contribution < 1.29 is 26.3 Å². The van der Waals surface area contributed by atoms with Crippen molar-refractivity contribution in [2.75, 3.05) is 5.73 Å². The summed E-state index contributed by atoms with van der Waals surface area (Å²) in [6.45, 7) is 4.60. The van der Waals surface area contributed by atoms with Crippen LogP contribution in [0.2, 0.25) is 0 Å². The molecular weight excluding hydrogens is 344 g/mol. The fraction of sp³-hybridized carbons (Fsp3) is 0.333.